The van der Waals surface area contributed by atoms with Gasteiger partial charge in [0.1, 0.15) is 5.58 Å². The van der Waals surface area contributed by atoms with Crippen LogP contribution < -0.4 is 4.40 Å². The van der Waals surface area contributed by atoms with Crippen molar-refractivity contribution in [3.05, 3.63) is 192 Å². The van der Waals surface area contributed by atoms with E-state index in [0.29, 0.717) is 0 Å². The van der Waals surface area contributed by atoms with Crippen LogP contribution >= 0.6 is 0 Å². The third-order valence-electron chi connectivity index (χ3n) is 13.9. The van der Waals surface area contributed by atoms with Crippen LogP contribution in [0.4, 0.5) is 0 Å². The number of para-hydroxylation sites is 2. The van der Waals surface area contributed by atoms with Crippen molar-refractivity contribution in [2.45, 2.75) is 95.8 Å². The monoisotopic (exact) mass is 1140 g/mol. The third-order valence-corrected chi connectivity index (χ3v) is 18.1. The van der Waals surface area contributed by atoms with Crippen molar-refractivity contribution < 1.29 is 25.9 Å². The van der Waals surface area contributed by atoms with Crippen LogP contribution in [0.5, 0.6) is 0 Å². The molecule has 3 heterocycles. The average Bonchev–Trinajstić information content (AvgIpc) is 3.98. The molecule has 7 aromatic carbocycles. The van der Waals surface area contributed by atoms with Gasteiger partial charge in [0, 0.05) is 36.6 Å². The van der Waals surface area contributed by atoms with E-state index in [0.717, 1.165) is 61.2 Å². The molecule has 0 unspecified atom stereocenters. The van der Waals surface area contributed by atoms with Crippen molar-refractivity contribution in [1.82, 2.24) is 14.5 Å². The molecule has 0 amide bonds. The first-order valence-electron chi connectivity index (χ1n) is 24.6. The first-order chi connectivity index (χ1) is 32.9. The largest absolute Gasteiger partial charge is 0 e. The number of nitrogens with zero attached hydrogens (tertiary/aromatic N) is 3. The van der Waals surface area contributed by atoms with Gasteiger partial charge in [-0.2, -0.15) is 0 Å². The van der Waals surface area contributed by atoms with Crippen molar-refractivity contribution in [1.29, 1.82) is 0 Å². The second-order valence-corrected chi connectivity index (χ2v) is 31.4. The Kier molecular flexibility index (Phi) is 12.8. The molecule has 0 aliphatic heterocycles. The normalized spacial score (nSPS) is 13.3. The summed E-state index contributed by atoms with van der Waals surface area (Å²) in [7, 11) is 0. The average molecular weight is 1140 g/mol. The molecule has 0 saturated carbocycles. The quantitative estimate of drug-likeness (QED) is 0.112. The van der Waals surface area contributed by atoms with Gasteiger partial charge >= 0.3 is 120 Å². The van der Waals surface area contributed by atoms with Crippen LogP contribution in [0.25, 0.3) is 83.6 Å². The second kappa shape index (κ2) is 18.8. The number of rotatable bonds is 8. The molecule has 10 aromatic rings. The Morgan fingerprint density at radius 3 is 2.01 bits per heavy atom. The first kappa shape index (κ1) is 46.9. The second-order valence-electron chi connectivity index (χ2n) is 20.8. The smallest absolute Gasteiger partial charge is 0 e. The summed E-state index contributed by atoms with van der Waals surface area (Å²) in [5.41, 5.74) is 19.1. The van der Waals surface area contributed by atoms with Gasteiger partial charge in [0.05, 0.1) is 22.4 Å². The zero-order valence-corrected chi connectivity index (χ0v) is 46.2. The van der Waals surface area contributed by atoms with Gasteiger partial charge in [-0.3, -0.25) is 4.98 Å². The van der Waals surface area contributed by atoms with E-state index in [1.54, 1.807) is 0 Å². The van der Waals surface area contributed by atoms with Crippen molar-refractivity contribution >= 4 is 50.6 Å². The molecule has 69 heavy (non-hydrogen) atoms. The number of fused-ring (bicyclic) bond motifs is 7. The molecule has 11 rings (SSSR count). The van der Waals surface area contributed by atoms with Crippen LogP contribution in [0, 0.1) is 12.1 Å². The number of pyridine rings is 1. The van der Waals surface area contributed by atoms with E-state index in [9.17, 15) is 0 Å². The van der Waals surface area contributed by atoms with E-state index >= 15 is 0 Å². The molecule has 1 radical (unpaired) electrons. The van der Waals surface area contributed by atoms with E-state index in [1.807, 2.05) is 50.4 Å². The summed E-state index contributed by atoms with van der Waals surface area (Å²) in [5.74, 6) is 7.86. The van der Waals surface area contributed by atoms with Crippen LogP contribution in [0.15, 0.2) is 156 Å². The molecule has 0 atom stereocenters. The Morgan fingerprint density at radius 1 is 0.652 bits per heavy atom. The Labute approximate surface area is 426 Å². The zero-order chi connectivity index (χ0) is 48.6. The molecular weight excluding hydrogens is 1080 g/mol. The molecule has 4 nitrogen and oxygen atoms in total. The Bertz CT molecular complexity index is 3530. The molecule has 1 aliphatic rings. The Hall–Kier alpha value is -5.85. The van der Waals surface area contributed by atoms with E-state index in [4.69, 9.17) is 10.8 Å². The molecule has 0 saturated heterocycles. The number of hydrogen-bond donors (Lipinski definition) is 0. The Balaban J connectivity index is 0.000000244. The van der Waals surface area contributed by atoms with E-state index in [2.05, 4.69) is 196 Å². The van der Waals surface area contributed by atoms with Gasteiger partial charge in [-0.15, -0.1) is 18.2 Å². The predicted molar refractivity (Wildman–Crippen MR) is 289 cm³/mol. The van der Waals surface area contributed by atoms with Crippen molar-refractivity contribution in [3.63, 3.8) is 0 Å². The van der Waals surface area contributed by atoms with Gasteiger partial charge < -0.3 is 8.98 Å². The molecule has 6 heteroatoms. The van der Waals surface area contributed by atoms with Gasteiger partial charge in [-0.1, -0.05) is 119 Å². The maximum Gasteiger partial charge on any atom is 0 e. The van der Waals surface area contributed by atoms with E-state index in [-0.39, 0.29) is 37.4 Å². The van der Waals surface area contributed by atoms with E-state index < -0.39 is 19.2 Å². The number of imidazole rings is 1. The topological polar surface area (TPSA) is 43.9 Å². The van der Waals surface area contributed by atoms with Gasteiger partial charge in [0.25, 0.3) is 0 Å². The fourth-order valence-corrected chi connectivity index (χ4v) is 13.6. The summed E-state index contributed by atoms with van der Waals surface area (Å²) in [5, 5.41) is 2.21. The van der Waals surface area contributed by atoms with Gasteiger partial charge in [0.15, 0.2) is 0 Å². The molecular formula is C63H61GeIrN3O-2. The van der Waals surface area contributed by atoms with Crippen LogP contribution in [0.3, 0.4) is 0 Å². The van der Waals surface area contributed by atoms with Crippen LogP contribution in [-0.4, -0.2) is 27.8 Å². The van der Waals surface area contributed by atoms with Crippen molar-refractivity contribution in [2.24, 2.45) is 0 Å². The molecule has 0 fully saturated rings. The van der Waals surface area contributed by atoms with Crippen LogP contribution in [0.1, 0.15) is 102 Å². The molecule has 1 aliphatic carbocycles. The fraction of sp³-hybridized carbons (Fsp3) is 0.238. The minimum absolute atomic E-state index is 0. The first-order valence-corrected chi connectivity index (χ1v) is 31.5. The standard InChI is InChI=1S/C46H39N2O.C17H22GeN.Ir/c1-27(2)34-23-30(29-15-8-7-9-16-29)24-35(28(3)4)43(34)48-41-22-13-12-21-40(41)47-45(48)33-19-14-18-32-37-25-36-31-17-10-11-20-38(31)46(5,6)39(36)26-42(37)49-44(32)33;1-13(2)15-11-17(14-9-7-6-8-10-14)19-12-16(15)18(3,4)5;/h7-18,20-28H,1-6H3;6-9,11-13H,1-5H3;/q2*-1;/i;13D;. The number of benzene rings is 7. The number of furan rings is 1. The maximum atomic E-state index is 8.44. The Morgan fingerprint density at radius 2 is 1.33 bits per heavy atom. The van der Waals surface area contributed by atoms with Gasteiger partial charge in [0.2, 0.25) is 0 Å². The summed E-state index contributed by atoms with van der Waals surface area (Å²) in [6.07, 6.45) is 2.00. The molecule has 0 spiro atoms. The molecule has 3 aromatic heterocycles. The SMILES string of the molecule is CC(C)c1cc(-c2ccccc2)cc(C(C)C)c1-n1c(-c2[c-]ccc3c2oc2cc4c(cc23)-c2ccccc2C4(C)C)nc2ccccc21.[2H]C(C)(C)c1cc(-c2[c-]cccc2)nc[c]1[Ge]([CH3])([CH3])[CH3].[Ir]. The van der Waals surface area contributed by atoms with Crippen LogP contribution in [-0.2, 0) is 25.5 Å². The number of hydrogen-bond acceptors (Lipinski definition) is 3. The van der Waals surface area contributed by atoms with Gasteiger partial charge in [-0.05, 0) is 92.7 Å². The third kappa shape index (κ3) is 8.66. The summed E-state index contributed by atoms with van der Waals surface area (Å²) >= 11 is -2.03. The van der Waals surface area contributed by atoms with Crippen molar-refractivity contribution in [2.75, 3.05) is 0 Å². The molecule has 349 valence electrons. The summed E-state index contributed by atoms with van der Waals surface area (Å²) < 4.78 is 19.0. The maximum absolute atomic E-state index is 8.44. The van der Waals surface area contributed by atoms with Crippen molar-refractivity contribution in [3.8, 4) is 50.6 Å². The zero-order valence-electron chi connectivity index (χ0n) is 42.7. The summed E-state index contributed by atoms with van der Waals surface area (Å²) in [6.45, 7) is 17.7. The minimum Gasteiger partial charge on any atom is 0 e. The van der Waals surface area contributed by atoms with E-state index in [1.165, 1.54) is 54.6 Å². The summed E-state index contributed by atoms with van der Waals surface area (Å²) in [4.78, 5) is 9.97. The predicted octanol–water partition coefficient (Wildman–Crippen LogP) is 16.8. The number of aromatic nitrogens is 3. The van der Waals surface area contributed by atoms with Crippen LogP contribution in [0.2, 0.25) is 17.3 Å². The van der Waals surface area contributed by atoms with Gasteiger partial charge in [-0.25, -0.2) is 0 Å². The fourth-order valence-electron chi connectivity index (χ4n) is 10.3. The minimum atomic E-state index is -2.03. The molecule has 0 bridgehead atoms. The summed E-state index contributed by atoms with van der Waals surface area (Å²) in [6, 6.07) is 58.3. The molecule has 0 N–H and O–H groups in total.